The highest BCUT2D eigenvalue weighted by Gasteiger charge is 2.41. The third-order valence-corrected chi connectivity index (χ3v) is 5.75. The molecule has 5 nitrogen and oxygen atoms in total. The van der Waals surface area contributed by atoms with Crippen molar-refractivity contribution < 1.29 is 18.0 Å². The lowest BCUT2D eigenvalue weighted by Gasteiger charge is -2.24. The lowest BCUT2D eigenvalue weighted by Crippen LogP contribution is -2.30. The van der Waals surface area contributed by atoms with Crippen molar-refractivity contribution in [3.05, 3.63) is 76.6 Å². The zero-order chi connectivity index (χ0) is 22.9. The number of carbonyl (C=O) groups is 1. The van der Waals surface area contributed by atoms with Crippen LogP contribution in [0.25, 0.3) is 5.69 Å². The van der Waals surface area contributed by atoms with Gasteiger partial charge in [0.05, 0.1) is 17.4 Å². The maximum Gasteiger partial charge on any atom is 0.434 e. The van der Waals surface area contributed by atoms with E-state index in [9.17, 15) is 18.0 Å². The lowest BCUT2D eigenvalue weighted by molar-refractivity contribution is -0.143. The fourth-order valence-electron chi connectivity index (χ4n) is 4.03. The summed E-state index contributed by atoms with van der Waals surface area (Å²) in [5, 5.41) is 4.14. The molecule has 0 unspecified atom stereocenters. The highest BCUT2D eigenvalue weighted by molar-refractivity contribution is 6.30. The number of rotatable bonds is 5. The molecular weight excluding hydrogens is 441 g/mol. The van der Waals surface area contributed by atoms with Gasteiger partial charge in [-0.1, -0.05) is 35.9 Å². The fourth-order valence-corrected chi connectivity index (χ4v) is 4.21. The Morgan fingerprint density at radius 1 is 1.12 bits per heavy atom. The SMILES string of the molecule is CN(Cc1ccccc1N1CCCC1)C(=O)c1cnn(-c2cccc(Cl)c2)c1C(F)(F)F. The molecular formula is C23H22ClF3N4O. The van der Waals surface area contributed by atoms with E-state index in [4.69, 9.17) is 11.6 Å². The van der Waals surface area contributed by atoms with Gasteiger partial charge in [-0.05, 0) is 42.7 Å². The van der Waals surface area contributed by atoms with Gasteiger partial charge >= 0.3 is 6.18 Å². The Morgan fingerprint density at radius 3 is 2.53 bits per heavy atom. The first kappa shape index (κ1) is 22.2. The molecule has 168 valence electrons. The Bertz CT molecular complexity index is 1120. The number of nitrogens with zero attached hydrogens (tertiary/aromatic N) is 4. The van der Waals surface area contributed by atoms with Crippen LogP contribution in [0.2, 0.25) is 5.02 Å². The number of halogens is 4. The van der Waals surface area contributed by atoms with Crippen LogP contribution in [0.1, 0.15) is 34.5 Å². The van der Waals surface area contributed by atoms with Crippen molar-refractivity contribution in [2.24, 2.45) is 0 Å². The van der Waals surface area contributed by atoms with Gasteiger partial charge in [0.15, 0.2) is 5.69 Å². The van der Waals surface area contributed by atoms with Crippen LogP contribution in [0.4, 0.5) is 18.9 Å². The summed E-state index contributed by atoms with van der Waals surface area (Å²) in [7, 11) is 1.50. The molecule has 2 aromatic carbocycles. The highest BCUT2D eigenvalue weighted by Crippen LogP contribution is 2.35. The van der Waals surface area contributed by atoms with Crippen molar-refractivity contribution in [3.8, 4) is 5.69 Å². The highest BCUT2D eigenvalue weighted by atomic mass is 35.5. The molecule has 0 N–H and O–H groups in total. The molecule has 4 rings (SSSR count). The Labute approximate surface area is 189 Å². The topological polar surface area (TPSA) is 41.4 Å². The molecule has 2 heterocycles. The Balaban J connectivity index is 1.65. The number of hydrogen-bond donors (Lipinski definition) is 0. The van der Waals surface area contributed by atoms with E-state index in [0.717, 1.165) is 43.4 Å². The van der Waals surface area contributed by atoms with Crippen molar-refractivity contribution in [2.75, 3.05) is 25.0 Å². The number of benzene rings is 2. The van der Waals surface area contributed by atoms with Gasteiger partial charge in [-0.3, -0.25) is 4.79 Å². The molecule has 0 bridgehead atoms. The number of alkyl halides is 3. The van der Waals surface area contributed by atoms with Gasteiger partial charge in [-0.2, -0.15) is 18.3 Å². The second-order valence-corrected chi connectivity index (χ2v) is 8.22. The number of anilines is 1. The van der Waals surface area contributed by atoms with Crippen molar-refractivity contribution in [2.45, 2.75) is 25.6 Å². The van der Waals surface area contributed by atoms with Gasteiger partial charge in [0.1, 0.15) is 0 Å². The van der Waals surface area contributed by atoms with Crippen molar-refractivity contribution >= 4 is 23.2 Å². The number of carbonyl (C=O) groups excluding carboxylic acids is 1. The first-order valence-corrected chi connectivity index (χ1v) is 10.6. The summed E-state index contributed by atoms with van der Waals surface area (Å²) in [6.07, 6.45) is -1.62. The van der Waals surface area contributed by atoms with Gasteiger partial charge < -0.3 is 9.80 Å². The van der Waals surface area contributed by atoms with Crippen LogP contribution in [0, 0.1) is 0 Å². The van der Waals surface area contributed by atoms with Crippen molar-refractivity contribution in [1.82, 2.24) is 14.7 Å². The summed E-state index contributed by atoms with van der Waals surface area (Å²) in [4.78, 5) is 16.6. The van der Waals surface area contributed by atoms with E-state index in [1.54, 1.807) is 6.07 Å². The van der Waals surface area contributed by atoms with E-state index >= 15 is 0 Å². The quantitative estimate of drug-likeness (QED) is 0.508. The van der Waals surface area contributed by atoms with Gasteiger partial charge in [-0.25, -0.2) is 4.68 Å². The largest absolute Gasteiger partial charge is 0.434 e. The summed E-state index contributed by atoms with van der Waals surface area (Å²) in [5.74, 6) is -0.748. The summed E-state index contributed by atoms with van der Waals surface area (Å²) >= 11 is 5.94. The zero-order valence-corrected chi connectivity index (χ0v) is 18.2. The van der Waals surface area contributed by atoms with Crippen molar-refractivity contribution in [1.29, 1.82) is 0 Å². The summed E-state index contributed by atoms with van der Waals surface area (Å²) in [6, 6.07) is 13.6. The maximum absolute atomic E-state index is 14.0. The molecule has 0 radical (unpaired) electrons. The molecule has 0 saturated carbocycles. The van der Waals surface area contributed by atoms with Crippen LogP contribution in [0.3, 0.4) is 0 Å². The molecule has 1 aliphatic rings. The van der Waals surface area contributed by atoms with E-state index in [1.807, 2.05) is 24.3 Å². The number of hydrogen-bond acceptors (Lipinski definition) is 3. The van der Waals surface area contributed by atoms with Crippen LogP contribution in [-0.2, 0) is 12.7 Å². The van der Waals surface area contributed by atoms with Gasteiger partial charge in [0.25, 0.3) is 5.91 Å². The normalized spacial score (nSPS) is 14.1. The monoisotopic (exact) mass is 462 g/mol. The van der Waals surface area contributed by atoms with E-state index in [-0.39, 0.29) is 17.3 Å². The molecule has 1 amide bonds. The zero-order valence-electron chi connectivity index (χ0n) is 17.4. The Kier molecular flexibility index (Phi) is 6.15. The average Bonchev–Trinajstić information content (AvgIpc) is 3.43. The van der Waals surface area contributed by atoms with Crippen molar-refractivity contribution in [3.63, 3.8) is 0 Å². The minimum Gasteiger partial charge on any atom is -0.371 e. The fraction of sp³-hybridized carbons (Fsp3) is 0.304. The summed E-state index contributed by atoms with van der Waals surface area (Å²) in [5.41, 5.74) is 0.408. The minimum atomic E-state index is -4.78. The van der Waals surface area contributed by atoms with Gasteiger partial charge in [0.2, 0.25) is 0 Å². The Hall–Kier alpha value is -3.00. The first-order valence-electron chi connectivity index (χ1n) is 10.2. The predicted octanol–water partition coefficient (Wildman–Crippen LogP) is 5.42. The number of aromatic nitrogens is 2. The first-order chi connectivity index (χ1) is 15.3. The summed E-state index contributed by atoms with van der Waals surface area (Å²) < 4.78 is 42.6. The number of amides is 1. The molecule has 9 heteroatoms. The Morgan fingerprint density at radius 2 is 1.84 bits per heavy atom. The maximum atomic E-state index is 14.0. The molecule has 1 fully saturated rings. The van der Waals surface area contributed by atoms with E-state index in [2.05, 4.69) is 10.00 Å². The third kappa shape index (κ3) is 4.46. The minimum absolute atomic E-state index is 0.130. The van der Waals surface area contributed by atoms with E-state index < -0.39 is 23.3 Å². The average molecular weight is 463 g/mol. The lowest BCUT2D eigenvalue weighted by atomic mass is 10.1. The second kappa shape index (κ2) is 8.86. The molecule has 0 aliphatic carbocycles. The van der Waals surface area contributed by atoms with E-state index in [1.165, 1.54) is 30.1 Å². The van der Waals surface area contributed by atoms with Gasteiger partial charge in [-0.15, -0.1) is 0 Å². The molecule has 1 saturated heterocycles. The molecule has 1 aromatic heterocycles. The standard InChI is InChI=1S/C23H22ClF3N4O/c1-29(15-16-7-2-3-10-20(16)30-11-4-5-12-30)22(32)19-14-28-31(21(19)23(25,26)27)18-9-6-8-17(24)13-18/h2-3,6-10,13-14H,4-5,11-12,15H2,1H3. The molecule has 32 heavy (non-hydrogen) atoms. The second-order valence-electron chi connectivity index (χ2n) is 7.78. The smallest absolute Gasteiger partial charge is 0.371 e. The van der Waals surface area contributed by atoms with Crippen LogP contribution in [0.5, 0.6) is 0 Å². The molecule has 1 aliphatic heterocycles. The van der Waals surface area contributed by atoms with Crippen LogP contribution in [0.15, 0.2) is 54.7 Å². The third-order valence-electron chi connectivity index (χ3n) is 5.51. The van der Waals surface area contributed by atoms with Crippen LogP contribution < -0.4 is 4.90 Å². The van der Waals surface area contributed by atoms with E-state index in [0.29, 0.717) is 4.68 Å². The van der Waals surface area contributed by atoms with Crippen LogP contribution >= 0.6 is 11.6 Å². The van der Waals surface area contributed by atoms with Crippen LogP contribution in [-0.4, -0.2) is 40.7 Å². The predicted molar refractivity (Wildman–Crippen MR) is 117 cm³/mol. The molecule has 0 spiro atoms. The van der Waals surface area contributed by atoms with Gasteiger partial charge in [0, 0.05) is 37.4 Å². The molecule has 3 aromatic rings. The number of para-hydroxylation sites is 1. The summed E-state index contributed by atoms with van der Waals surface area (Å²) in [6.45, 7) is 2.05. The molecule has 0 atom stereocenters.